The highest BCUT2D eigenvalue weighted by Gasteiger charge is 2.72. The highest BCUT2D eigenvalue weighted by Crippen LogP contribution is 2.63. The van der Waals surface area contributed by atoms with Gasteiger partial charge in [0, 0.05) is 5.92 Å². The lowest BCUT2D eigenvalue weighted by Gasteiger charge is -2.06. The summed E-state index contributed by atoms with van der Waals surface area (Å²) in [7, 11) is -3.69. The van der Waals surface area contributed by atoms with Crippen LogP contribution in [0.3, 0.4) is 0 Å². The van der Waals surface area contributed by atoms with Gasteiger partial charge in [0.25, 0.3) is 0 Å². The zero-order chi connectivity index (χ0) is 16.7. The Kier molecular flexibility index (Phi) is 3.75. The fourth-order valence-electron chi connectivity index (χ4n) is 3.22. The topological polar surface area (TPSA) is 78.2 Å². The number of aliphatic hydroxyl groups excluding tert-OH is 1. The summed E-state index contributed by atoms with van der Waals surface area (Å²) in [5.74, 6) is -0.509. The third-order valence-corrected chi connectivity index (χ3v) is 6.86. The maximum absolute atomic E-state index is 13.0. The summed E-state index contributed by atoms with van der Waals surface area (Å²) in [6.07, 6.45) is 0. The van der Waals surface area contributed by atoms with Gasteiger partial charge in [0.15, 0.2) is 9.84 Å². The second-order valence-electron chi connectivity index (χ2n) is 5.98. The number of sulfone groups is 1. The third-order valence-electron chi connectivity index (χ3n) is 4.57. The number of aryl methyl sites for hydroxylation is 1. The van der Waals surface area contributed by atoms with E-state index in [1.165, 1.54) is 0 Å². The second kappa shape index (κ2) is 5.48. The summed E-state index contributed by atoms with van der Waals surface area (Å²) in [6.45, 7) is 1.41. The SMILES string of the molecule is Cc1ccc(S(=O)(=O)[C@H]2[C@H](c3ccccc3)[C@@]2(C#N)CO)cc1. The van der Waals surface area contributed by atoms with E-state index in [2.05, 4.69) is 6.07 Å². The smallest absolute Gasteiger partial charge is 0.183 e. The summed E-state index contributed by atoms with van der Waals surface area (Å²) >= 11 is 0. The van der Waals surface area contributed by atoms with Crippen molar-refractivity contribution in [1.82, 2.24) is 0 Å². The third kappa shape index (κ3) is 2.35. The molecule has 118 valence electrons. The lowest BCUT2D eigenvalue weighted by molar-refractivity contribution is 0.242. The van der Waals surface area contributed by atoms with Crippen molar-refractivity contribution < 1.29 is 13.5 Å². The molecule has 0 saturated heterocycles. The molecule has 0 aromatic heterocycles. The Morgan fingerprint density at radius 3 is 2.26 bits per heavy atom. The van der Waals surface area contributed by atoms with E-state index in [4.69, 9.17) is 0 Å². The fourth-order valence-corrected chi connectivity index (χ4v) is 5.54. The predicted molar refractivity (Wildman–Crippen MR) is 86.5 cm³/mol. The molecular weight excluding hydrogens is 310 g/mol. The second-order valence-corrected chi connectivity index (χ2v) is 8.05. The molecule has 1 fully saturated rings. The van der Waals surface area contributed by atoms with Crippen LogP contribution >= 0.6 is 0 Å². The van der Waals surface area contributed by atoms with E-state index in [1.807, 2.05) is 25.1 Å². The molecule has 0 spiro atoms. The van der Waals surface area contributed by atoms with Crippen LogP contribution in [0.25, 0.3) is 0 Å². The van der Waals surface area contributed by atoms with E-state index in [0.717, 1.165) is 11.1 Å². The predicted octanol–water partition coefficient (Wildman–Crippen LogP) is 2.44. The minimum atomic E-state index is -3.69. The molecule has 1 aliphatic carbocycles. The number of rotatable bonds is 4. The Morgan fingerprint density at radius 2 is 1.74 bits per heavy atom. The van der Waals surface area contributed by atoms with Gasteiger partial charge in [-0.15, -0.1) is 0 Å². The molecule has 0 aliphatic heterocycles. The first-order valence-corrected chi connectivity index (χ1v) is 8.89. The van der Waals surface area contributed by atoms with Crippen LogP contribution in [-0.4, -0.2) is 25.4 Å². The Bertz CT molecular complexity index is 853. The Balaban J connectivity index is 2.07. The van der Waals surface area contributed by atoms with Gasteiger partial charge in [-0.3, -0.25) is 0 Å². The maximum Gasteiger partial charge on any atom is 0.183 e. The first-order chi connectivity index (χ1) is 11.0. The van der Waals surface area contributed by atoms with Crippen molar-refractivity contribution in [3.05, 3.63) is 65.7 Å². The molecule has 23 heavy (non-hydrogen) atoms. The van der Waals surface area contributed by atoms with Crippen LogP contribution in [0.2, 0.25) is 0 Å². The summed E-state index contributed by atoms with van der Waals surface area (Å²) in [5, 5.41) is 18.3. The minimum Gasteiger partial charge on any atom is -0.395 e. The van der Waals surface area contributed by atoms with E-state index < -0.39 is 33.0 Å². The van der Waals surface area contributed by atoms with E-state index in [9.17, 15) is 18.8 Å². The Hall–Kier alpha value is -2.16. The molecule has 3 atom stereocenters. The van der Waals surface area contributed by atoms with Crippen molar-refractivity contribution in [2.24, 2.45) is 5.41 Å². The Labute approximate surface area is 135 Å². The standard InChI is InChI=1S/C18H17NO3S/c1-13-7-9-15(10-8-13)23(21,22)17-16(18(17,11-19)12-20)14-5-3-2-4-6-14/h2-10,16-17,20H,12H2,1H3/t16-,17-,18+/m0/s1. The monoisotopic (exact) mass is 327 g/mol. The number of hydrogen-bond acceptors (Lipinski definition) is 4. The molecule has 5 heteroatoms. The van der Waals surface area contributed by atoms with Crippen LogP contribution in [0.1, 0.15) is 17.0 Å². The van der Waals surface area contributed by atoms with Crippen LogP contribution in [0.4, 0.5) is 0 Å². The summed E-state index contributed by atoms with van der Waals surface area (Å²) < 4.78 is 25.9. The van der Waals surface area contributed by atoms with Crippen LogP contribution in [-0.2, 0) is 9.84 Å². The number of nitrogens with zero attached hydrogens (tertiary/aromatic N) is 1. The van der Waals surface area contributed by atoms with Crippen molar-refractivity contribution in [3.63, 3.8) is 0 Å². The molecule has 3 rings (SSSR count). The zero-order valence-electron chi connectivity index (χ0n) is 12.7. The quantitative estimate of drug-likeness (QED) is 0.935. The maximum atomic E-state index is 13.0. The fraction of sp³-hybridized carbons (Fsp3) is 0.278. The first-order valence-electron chi connectivity index (χ1n) is 7.35. The number of aliphatic hydroxyl groups is 1. The average molecular weight is 327 g/mol. The van der Waals surface area contributed by atoms with E-state index in [-0.39, 0.29) is 4.90 Å². The van der Waals surface area contributed by atoms with Gasteiger partial charge in [0.1, 0.15) is 5.41 Å². The van der Waals surface area contributed by atoms with Crippen LogP contribution in [0.5, 0.6) is 0 Å². The van der Waals surface area contributed by atoms with Crippen LogP contribution in [0.15, 0.2) is 59.5 Å². The minimum absolute atomic E-state index is 0.194. The van der Waals surface area contributed by atoms with Crippen molar-refractivity contribution in [3.8, 4) is 6.07 Å². The molecule has 0 unspecified atom stereocenters. The van der Waals surface area contributed by atoms with E-state index >= 15 is 0 Å². The molecule has 1 saturated carbocycles. The number of benzene rings is 2. The highest BCUT2D eigenvalue weighted by atomic mass is 32.2. The van der Waals surface area contributed by atoms with Gasteiger partial charge < -0.3 is 5.11 Å². The summed E-state index contributed by atoms with van der Waals surface area (Å²) in [4.78, 5) is 0.194. The highest BCUT2D eigenvalue weighted by molar-refractivity contribution is 7.92. The molecular formula is C18H17NO3S. The van der Waals surface area contributed by atoms with Crippen LogP contribution in [0, 0.1) is 23.7 Å². The van der Waals surface area contributed by atoms with Crippen molar-refractivity contribution in [2.75, 3.05) is 6.61 Å². The van der Waals surface area contributed by atoms with Gasteiger partial charge in [0.05, 0.1) is 22.8 Å². The molecule has 2 aromatic carbocycles. The van der Waals surface area contributed by atoms with Crippen molar-refractivity contribution in [1.29, 1.82) is 5.26 Å². The summed E-state index contributed by atoms with van der Waals surface area (Å²) in [5.41, 5.74) is 0.460. The van der Waals surface area contributed by atoms with Gasteiger partial charge in [-0.2, -0.15) is 5.26 Å². The molecule has 0 amide bonds. The molecule has 4 nitrogen and oxygen atoms in total. The normalized spacial score (nSPS) is 26.5. The molecule has 1 N–H and O–H groups in total. The molecule has 1 aliphatic rings. The largest absolute Gasteiger partial charge is 0.395 e. The van der Waals surface area contributed by atoms with E-state index in [0.29, 0.717) is 0 Å². The number of hydrogen-bond donors (Lipinski definition) is 1. The van der Waals surface area contributed by atoms with Crippen LogP contribution < -0.4 is 0 Å². The Morgan fingerprint density at radius 1 is 1.13 bits per heavy atom. The van der Waals surface area contributed by atoms with Crippen molar-refractivity contribution in [2.45, 2.75) is 23.0 Å². The molecule has 0 radical (unpaired) electrons. The van der Waals surface area contributed by atoms with Gasteiger partial charge in [-0.1, -0.05) is 48.0 Å². The lowest BCUT2D eigenvalue weighted by atomic mass is 10.0. The van der Waals surface area contributed by atoms with Crippen molar-refractivity contribution >= 4 is 9.84 Å². The van der Waals surface area contributed by atoms with Gasteiger partial charge in [-0.05, 0) is 24.6 Å². The van der Waals surface area contributed by atoms with Gasteiger partial charge >= 0.3 is 0 Å². The lowest BCUT2D eigenvalue weighted by Crippen LogP contribution is -2.18. The number of nitriles is 1. The molecule has 2 aromatic rings. The summed E-state index contributed by atoms with van der Waals surface area (Å²) in [6, 6.07) is 17.7. The first kappa shape index (κ1) is 15.7. The zero-order valence-corrected chi connectivity index (χ0v) is 13.5. The van der Waals surface area contributed by atoms with Gasteiger partial charge in [-0.25, -0.2) is 8.42 Å². The average Bonchev–Trinajstić information content (AvgIpc) is 3.27. The molecule has 0 heterocycles. The van der Waals surface area contributed by atoms with Gasteiger partial charge in [0.2, 0.25) is 0 Å². The molecule has 0 bridgehead atoms. The van der Waals surface area contributed by atoms with E-state index in [1.54, 1.807) is 36.4 Å².